The normalized spacial score (nSPS) is 15.2. The number of hydrogen-bond acceptors (Lipinski definition) is 6. The Morgan fingerprint density at radius 2 is 2.00 bits per heavy atom. The highest BCUT2D eigenvalue weighted by Gasteiger charge is 2.33. The van der Waals surface area contributed by atoms with Crippen LogP contribution in [0.4, 0.5) is 5.69 Å². The van der Waals surface area contributed by atoms with Gasteiger partial charge in [0.1, 0.15) is 5.75 Å². The van der Waals surface area contributed by atoms with E-state index in [9.17, 15) is 9.59 Å². The quantitative estimate of drug-likeness (QED) is 0.326. The largest absolute Gasteiger partial charge is 0.481 e. The minimum atomic E-state index is -0.497. The molecule has 144 valence electrons. The third-order valence-corrected chi connectivity index (χ3v) is 5.76. The number of thiocarbonyl (C=S) groups is 1. The first-order valence-electron chi connectivity index (χ1n) is 7.91. The summed E-state index contributed by atoms with van der Waals surface area (Å²) in [4.78, 5) is 26.2. The number of rotatable bonds is 5. The topological polar surface area (TPSA) is 55.8 Å². The number of carbonyl (C=O) groups excluding carboxylic acids is 2. The molecule has 1 aliphatic rings. The monoisotopic (exact) mass is 497 g/mol. The Morgan fingerprint density at radius 3 is 2.68 bits per heavy atom. The van der Waals surface area contributed by atoms with Crippen LogP contribution in [0.15, 0.2) is 51.8 Å². The minimum Gasteiger partial charge on any atom is -0.481 e. The number of ether oxygens (including phenoxy) is 2. The molecule has 0 aromatic heterocycles. The van der Waals surface area contributed by atoms with E-state index in [1.807, 2.05) is 0 Å². The summed E-state index contributed by atoms with van der Waals surface area (Å²) >= 11 is 15.9. The molecule has 1 saturated heterocycles. The summed E-state index contributed by atoms with van der Waals surface area (Å²) in [6.07, 6.45) is 1.69. The molecular formula is C19H13BrClNO4S2. The van der Waals surface area contributed by atoms with Crippen molar-refractivity contribution < 1.29 is 19.1 Å². The molecule has 0 aliphatic carbocycles. The van der Waals surface area contributed by atoms with E-state index in [-0.39, 0.29) is 12.5 Å². The maximum atomic E-state index is 12.9. The standard InChI is InChI=1S/C19H13BrClNO4S2/c1-25-17(23)10-26-15-7-2-12(20)8-11(15)9-16-18(24)22(19(27)28-16)14-5-3-13(21)4-6-14/h2-9H,10H2,1H3/b16-9-. The van der Waals surface area contributed by atoms with Gasteiger partial charge in [-0.25, -0.2) is 4.79 Å². The van der Waals surface area contributed by atoms with Crippen LogP contribution in [0.3, 0.4) is 0 Å². The van der Waals surface area contributed by atoms with Crippen LogP contribution in [-0.4, -0.2) is 29.9 Å². The Labute approximate surface area is 184 Å². The molecule has 0 bridgehead atoms. The number of amides is 1. The summed E-state index contributed by atoms with van der Waals surface area (Å²) in [6.45, 7) is -0.231. The van der Waals surface area contributed by atoms with Gasteiger partial charge in [0.05, 0.1) is 17.7 Å². The molecule has 3 rings (SSSR count). The second-order valence-electron chi connectivity index (χ2n) is 5.54. The number of benzene rings is 2. The van der Waals surface area contributed by atoms with Gasteiger partial charge in [0, 0.05) is 15.1 Å². The maximum Gasteiger partial charge on any atom is 0.343 e. The van der Waals surface area contributed by atoms with Gasteiger partial charge in [-0.05, 0) is 48.5 Å². The molecule has 1 aliphatic heterocycles. The molecule has 0 atom stereocenters. The highest BCUT2D eigenvalue weighted by atomic mass is 79.9. The fourth-order valence-corrected chi connectivity index (χ4v) is 4.18. The first kappa shape index (κ1) is 20.9. The van der Waals surface area contributed by atoms with Crippen LogP contribution >= 0.6 is 51.5 Å². The molecule has 0 saturated carbocycles. The second-order valence-corrected chi connectivity index (χ2v) is 8.57. The second kappa shape index (κ2) is 9.09. The zero-order chi connectivity index (χ0) is 20.3. The fourth-order valence-electron chi connectivity index (χ4n) is 2.38. The number of esters is 1. The van der Waals surface area contributed by atoms with Gasteiger partial charge in [-0.2, -0.15) is 0 Å². The molecule has 2 aromatic rings. The van der Waals surface area contributed by atoms with Crippen LogP contribution in [-0.2, 0) is 14.3 Å². The van der Waals surface area contributed by atoms with E-state index in [4.69, 9.17) is 28.6 Å². The van der Waals surface area contributed by atoms with E-state index in [1.54, 1.807) is 48.5 Å². The Hall–Kier alpha value is -1.87. The zero-order valence-corrected chi connectivity index (χ0v) is 18.5. The van der Waals surface area contributed by atoms with E-state index in [0.717, 1.165) is 4.47 Å². The lowest BCUT2D eigenvalue weighted by Crippen LogP contribution is -2.27. The van der Waals surface area contributed by atoms with E-state index >= 15 is 0 Å². The van der Waals surface area contributed by atoms with Crippen molar-refractivity contribution in [1.82, 2.24) is 0 Å². The van der Waals surface area contributed by atoms with Gasteiger partial charge < -0.3 is 9.47 Å². The summed E-state index contributed by atoms with van der Waals surface area (Å²) in [5.41, 5.74) is 1.28. The van der Waals surface area contributed by atoms with Crippen molar-refractivity contribution in [2.24, 2.45) is 0 Å². The number of hydrogen-bond donors (Lipinski definition) is 0. The molecule has 0 unspecified atom stereocenters. The lowest BCUT2D eigenvalue weighted by Gasteiger charge is -2.14. The van der Waals surface area contributed by atoms with Gasteiger partial charge in [0.25, 0.3) is 5.91 Å². The van der Waals surface area contributed by atoms with Crippen LogP contribution in [0.5, 0.6) is 5.75 Å². The first-order chi connectivity index (χ1) is 13.4. The maximum absolute atomic E-state index is 12.9. The minimum absolute atomic E-state index is 0.231. The Morgan fingerprint density at radius 1 is 1.29 bits per heavy atom. The molecule has 1 fully saturated rings. The van der Waals surface area contributed by atoms with Crippen molar-refractivity contribution in [2.75, 3.05) is 18.6 Å². The average molecular weight is 499 g/mol. The van der Waals surface area contributed by atoms with Gasteiger partial charge in [-0.3, -0.25) is 9.69 Å². The van der Waals surface area contributed by atoms with Crippen molar-refractivity contribution in [3.05, 3.63) is 62.4 Å². The number of halogens is 2. The van der Waals surface area contributed by atoms with Crippen molar-refractivity contribution >= 4 is 79.5 Å². The molecule has 0 N–H and O–H groups in total. The average Bonchev–Trinajstić information content (AvgIpc) is 2.95. The number of carbonyl (C=O) groups is 2. The van der Waals surface area contributed by atoms with E-state index in [0.29, 0.717) is 31.2 Å². The van der Waals surface area contributed by atoms with Crippen LogP contribution in [0.2, 0.25) is 5.02 Å². The molecule has 1 amide bonds. The van der Waals surface area contributed by atoms with Gasteiger partial charge in [-0.1, -0.05) is 51.5 Å². The van der Waals surface area contributed by atoms with Crippen molar-refractivity contribution in [3.8, 4) is 5.75 Å². The molecule has 0 spiro atoms. The zero-order valence-electron chi connectivity index (χ0n) is 14.5. The van der Waals surface area contributed by atoms with Gasteiger partial charge >= 0.3 is 5.97 Å². The van der Waals surface area contributed by atoms with Crippen LogP contribution < -0.4 is 9.64 Å². The number of nitrogens with zero attached hydrogens (tertiary/aromatic N) is 1. The third kappa shape index (κ3) is 4.75. The third-order valence-electron chi connectivity index (χ3n) is 3.71. The number of anilines is 1. The van der Waals surface area contributed by atoms with E-state index in [2.05, 4.69) is 20.7 Å². The van der Waals surface area contributed by atoms with Crippen molar-refractivity contribution in [1.29, 1.82) is 0 Å². The summed E-state index contributed by atoms with van der Waals surface area (Å²) in [5.74, 6) is -0.287. The Kier molecular flexibility index (Phi) is 6.77. The molecule has 28 heavy (non-hydrogen) atoms. The SMILES string of the molecule is COC(=O)COc1ccc(Br)cc1/C=C1\SC(=S)N(c2ccc(Cl)cc2)C1=O. The van der Waals surface area contributed by atoms with E-state index < -0.39 is 5.97 Å². The van der Waals surface area contributed by atoms with Gasteiger partial charge in [0.2, 0.25) is 0 Å². The summed E-state index contributed by atoms with van der Waals surface area (Å²) in [6, 6.07) is 12.2. The molecular weight excluding hydrogens is 486 g/mol. The van der Waals surface area contributed by atoms with Crippen molar-refractivity contribution in [2.45, 2.75) is 0 Å². The molecule has 5 nitrogen and oxygen atoms in total. The smallest absolute Gasteiger partial charge is 0.343 e. The fraction of sp³-hybridized carbons (Fsp3) is 0.105. The predicted octanol–water partition coefficient (Wildman–Crippen LogP) is 5.06. The van der Waals surface area contributed by atoms with Crippen molar-refractivity contribution in [3.63, 3.8) is 0 Å². The Bertz CT molecular complexity index is 978. The predicted molar refractivity (Wildman–Crippen MR) is 119 cm³/mol. The molecule has 0 radical (unpaired) electrons. The highest BCUT2D eigenvalue weighted by Crippen LogP contribution is 2.37. The van der Waals surface area contributed by atoms with Crippen LogP contribution in [0.25, 0.3) is 6.08 Å². The molecule has 2 aromatic carbocycles. The van der Waals surface area contributed by atoms with Gasteiger partial charge in [-0.15, -0.1) is 0 Å². The van der Waals surface area contributed by atoms with Gasteiger partial charge in [0.15, 0.2) is 10.9 Å². The number of methoxy groups -OCH3 is 1. The lowest BCUT2D eigenvalue weighted by atomic mass is 10.2. The summed E-state index contributed by atoms with van der Waals surface area (Å²) in [7, 11) is 1.29. The Balaban J connectivity index is 1.90. The summed E-state index contributed by atoms with van der Waals surface area (Å²) in [5, 5.41) is 0.575. The summed E-state index contributed by atoms with van der Waals surface area (Å²) < 4.78 is 11.3. The molecule has 1 heterocycles. The first-order valence-corrected chi connectivity index (χ1v) is 10.3. The molecule has 9 heteroatoms. The van der Waals surface area contributed by atoms with E-state index in [1.165, 1.54) is 23.8 Å². The van der Waals surface area contributed by atoms with Crippen LogP contribution in [0.1, 0.15) is 5.56 Å². The number of thioether (sulfide) groups is 1. The lowest BCUT2D eigenvalue weighted by molar-refractivity contribution is -0.142. The van der Waals surface area contributed by atoms with Crippen LogP contribution in [0, 0.1) is 0 Å². The highest BCUT2D eigenvalue weighted by molar-refractivity contribution is 9.10.